The van der Waals surface area contributed by atoms with Crippen LogP contribution in [0.3, 0.4) is 0 Å². The van der Waals surface area contributed by atoms with Gasteiger partial charge in [-0.15, -0.1) is 0 Å². The van der Waals surface area contributed by atoms with Crippen LogP contribution in [0.5, 0.6) is 0 Å². The van der Waals surface area contributed by atoms with E-state index in [4.69, 9.17) is 16.3 Å². The van der Waals surface area contributed by atoms with E-state index in [1.54, 1.807) is 24.3 Å². The van der Waals surface area contributed by atoms with Crippen LogP contribution in [0.4, 0.5) is 0 Å². The van der Waals surface area contributed by atoms with Crippen LogP contribution in [0, 0.1) is 0 Å². The zero-order chi connectivity index (χ0) is 19.7. The van der Waals surface area contributed by atoms with E-state index in [0.29, 0.717) is 17.1 Å². The maximum absolute atomic E-state index is 12.7. The van der Waals surface area contributed by atoms with Crippen molar-refractivity contribution in [3.8, 4) is 0 Å². The highest BCUT2D eigenvalue weighted by molar-refractivity contribution is 6.31. The van der Waals surface area contributed by atoms with Gasteiger partial charge in [-0.2, -0.15) is 0 Å². The molecular weight excluding hydrogens is 378 g/mol. The number of carbonyl (C=O) groups is 2. The molecule has 6 nitrogen and oxygen atoms in total. The molecule has 0 radical (unpaired) electrons. The molecule has 142 valence electrons. The lowest BCUT2D eigenvalue weighted by Gasteiger charge is -2.15. The molecule has 0 bridgehead atoms. The summed E-state index contributed by atoms with van der Waals surface area (Å²) in [5.41, 5.74) is 3.04. The lowest BCUT2D eigenvalue weighted by molar-refractivity contribution is -0.142. The van der Waals surface area contributed by atoms with Gasteiger partial charge in [0.2, 0.25) is 0 Å². The standard InChI is InChI=1S/C21H18ClN3O3/c1-28-21(27)19(10-13-11-23-17-5-3-2-4-15(13)17)25-20(26)18-9-12-8-14(22)6-7-16(12)24-18/h2-9,11,19,23-24H,10H2,1H3,(H,25,26)/t19-/m0/s1. The monoisotopic (exact) mass is 395 g/mol. The number of methoxy groups -OCH3 is 1. The third-order valence-corrected chi connectivity index (χ3v) is 4.95. The van der Waals surface area contributed by atoms with E-state index in [1.807, 2.05) is 30.5 Å². The Balaban J connectivity index is 1.58. The first-order valence-corrected chi connectivity index (χ1v) is 9.15. The molecule has 4 rings (SSSR count). The van der Waals surface area contributed by atoms with Gasteiger partial charge in [0, 0.05) is 39.4 Å². The molecule has 0 spiro atoms. The Morgan fingerprint density at radius 1 is 1.14 bits per heavy atom. The van der Waals surface area contributed by atoms with E-state index in [1.165, 1.54) is 7.11 Å². The van der Waals surface area contributed by atoms with Crippen molar-refractivity contribution in [3.05, 3.63) is 71.0 Å². The van der Waals surface area contributed by atoms with Crippen molar-refractivity contribution in [1.29, 1.82) is 0 Å². The molecule has 2 aromatic heterocycles. The predicted octanol–water partition coefficient (Wildman–Crippen LogP) is 3.82. The molecule has 1 atom stereocenters. The number of hydrogen-bond donors (Lipinski definition) is 3. The third-order valence-electron chi connectivity index (χ3n) is 4.72. The number of H-pyrrole nitrogens is 2. The van der Waals surface area contributed by atoms with E-state index >= 15 is 0 Å². The fourth-order valence-corrected chi connectivity index (χ4v) is 3.50. The van der Waals surface area contributed by atoms with Gasteiger partial charge >= 0.3 is 5.97 Å². The summed E-state index contributed by atoms with van der Waals surface area (Å²) in [6, 6.07) is 14.0. The summed E-state index contributed by atoms with van der Waals surface area (Å²) in [7, 11) is 1.31. The molecule has 7 heteroatoms. The van der Waals surface area contributed by atoms with Crippen molar-refractivity contribution in [2.75, 3.05) is 7.11 Å². The van der Waals surface area contributed by atoms with Gasteiger partial charge < -0.3 is 20.0 Å². The number of ether oxygens (including phenoxy) is 1. The van der Waals surface area contributed by atoms with Crippen LogP contribution >= 0.6 is 11.6 Å². The molecule has 0 aliphatic carbocycles. The fourth-order valence-electron chi connectivity index (χ4n) is 3.32. The number of nitrogens with one attached hydrogen (secondary N) is 3. The molecule has 4 aromatic rings. The number of rotatable bonds is 5. The molecule has 0 unspecified atom stereocenters. The molecule has 0 fully saturated rings. The smallest absolute Gasteiger partial charge is 0.328 e. The average molecular weight is 396 g/mol. The summed E-state index contributed by atoms with van der Waals surface area (Å²) in [6.45, 7) is 0. The number of amides is 1. The summed E-state index contributed by atoms with van der Waals surface area (Å²) in [4.78, 5) is 31.2. The van der Waals surface area contributed by atoms with Gasteiger partial charge in [-0.25, -0.2) is 4.79 Å². The zero-order valence-electron chi connectivity index (χ0n) is 15.1. The Labute approximate surface area is 165 Å². The zero-order valence-corrected chi connectivity index (χ0v) is 15.8. The van der Waals surface area contributed by atoms with Gasteiger partial charge in [0.05, 0.1) is 7.11 Å². The number of fused-ring (bicyclic) bond motifs is 2. The van der Waals surface area contributed by atoms with Crippen molar-refractivity contribution in [2.24, 2.45) is 0 Å². The van der Waals surface area contributed by atoms with Gasteiger partial charge in [0.25, 0.3) is 5.91 Å². The molecule has 0 saturated carbocycles. The number of hydrogen-bond acceptors (Lipinski definition) is 3. The fraction of sp³-hybridized carbons (Fsp3) is 0.143. The average Bonchev–Trinajstić information content (AvgIpc) is 3.30. The van der Waals surface area contributed by atoms with Gasteiger partial charge in [-0.05, 0) is 35.9 Å². The maximum Gasteiger partial charge on any atom is 0.328 e. The van der Waals surface area contributed by atoms with Gasteiger partial charge in [-0.3, -0.25) is 4.79 Å². The predicted molar refractivity (Wildman–Crippen MR) is 109 cm³/mol. The topological polar surface area (TPSA) is 87.0 Å². The lowest BCUT2D eigenvalue weighted by atomic mass is 10.0. The summed E-state index contributed by atoms with van der Waals surface area (Å²) in [5, 5.41) is 5.19. The molecule has 28 heavy (non-hydrogen) atoms. The Kier molecular flexibility index (Phi) is 4.79. The Morgan fingerprint density at radius 3 is 2.79 bits per heavy atom. The third kappa shape index (κ3) is 3.46. The first-order valence-electron chi connectivity index (χ1n) is 8.77. The number of aromatic nitrogens is 2. The minimum Gasteiger partial charge on any atom is -0.467 e. The second-order valence-electron chi connectivity index (χ2n) is 6.53. The van der Waals surface area contributed by atoms with E-state index < -0.39 is 12.0 Å². The minimum absolute atomic E-state index is 0.314. The van der Waals surface area contributed by atoms with Crippen LogP contribution in [0.1, 0.15) is 16.1 Å². The van der Waals surface area contributed by atoms with Crippen molar-refractivity contribution in [3.63, 3.8) is 0 Å². The van der Waals surface area contributed by atoms with E-state index in [9.17, 15) is 9.59 Å². The van der Waals surface area contributed by atoms with Crippen molar-refractivity contribution in [2.45, 2.75) is 12.5 Å². The largest absolute Gasteiger partial charge is 0.467 e. The quantitative estimate of drug-likeness (QED) is 0.449. The van der Waals surface area contributed by atoms with Crippen molar-refractivity contribution in [1.82, 2.24) is 15.3 Å². The van der Waals surface area contributed by atoms with Gasteiger partial charge in [0.1, 0.15) is 11.7 Å². The number of para-hydroxylation sites is 1. The van der Waals surface area contributed by atoms with E-state index in [2.05, 4.69) is 15.3 Å². The summed E-state index contributed by atoms with van der Waals surface area (Å²) in [6.07, 6.45) is 2.16. The number of halogens is 1. The maximum atomic E-state index is 12.7. The molecule has 2 heterocycles. The number of benzene rings is 2. The SMILES string of the molecule is COC(=O)[C@H](Cc1c[nH]c2ccccc12)NC(=O)c1cc2cc(Cl)ccc2[nH]1. The van der Waals surface area contributed by atoms with Crippen molar-refractivity contribution < 1.29 is 14.3 Å². The molecule has 2 aromatic carbocycles. The van der Waals surface area contributed by atoms with Crippen LogP contribution < -0.4 is 5.32 Å². The second-order valence-corrected chi connectivity index (χ2v) is 6.96. The second kappa shape index (κ2) is 7.40. The first kappa shape index (κ1) is 18.1. The van der Waals surface area contributed by atoms with Crippen LogP contribution in [-0.4, -0.2) is 35.0 Å². The summed E-state index contributed by atoms with van der Waals surface area (Å²) >= 11 is 6.00. The number of esters is 1. The van der Waals surface area contributed by atoms with Crippen LogP contribution in [0.15, 0.2) is 54.7 Å². The summed E-state index contributed by atoms with van der Waals surface area (Å²) in [5.74, 6) is -0.889. The minimum atomic E-state index is -0.813. The van der Waals surface area contributed by atoms with Crippen molar-refractivity contribution >= 4 is 45.3 Å². The Hall–Kier alpha value is -3.25. The lowest BCUT2D eigenvalue weighted by Crippen LogP contribution is -2.43. The Morgan fingerprint density at radius 2 is 1.96 bits per heavy atom. The van der Waals surface area contributed by atoms with E-state index in [-0.39, 0.29) is 5.91 Å². The molecular formula is C21H18ClN3O3. The van der Waals surface area contributed by atoms with E-state index in [0.717, 1.165) is 27.4 Å². The highest BCUT2D eigenvalue weighted by Crippen LogP contribution is 2.21. The van der Waals surface area contributed by atoms with Gasteiger partial charge in [-0.1, -0.05) is 29.8 Å². The van der Waals surface area contributed by atoms with Crippen LogP contribution in [0.2, 0.25) is 5.02 Å². The highest BCUT2D eigenvalue weighted by atomic mass is 35.5. The molecule has 3 N–H and O–H groups in total. The molecule has 1 amide bonds. The highest BCUT2D eigenvalue weighted by Gasteiger charge is 2.24. The van der Waals surface area contributed by atoms with Crippen LogP contribution in [-0.2, 0) is 16.0 Å². The number of carbonyl (C=O) groups excluding carboxylic acids is 2. The van der Waals surface area contributed by atoms with Crippen LogP contribution in [0.25, 0.3) is 21.8 Å². The van der Waals surface area contributed by atoms with Gasteiger partial charge in [0.15, 0.2) is 0 Å². The Bertz CT molecular complexity index is 1180. The molecule has 0 aliphatic heterocycles. The number of aromatic amines is 2. The first-order chi connectivity index (χ1) is 13.5. The summed E-state index contributed by atoms with van der Waals surface area (Å²) < 4.78 is 4.89. The normalized spacial score (nSPS) is 12.2. The molecule has 0 saturated heterocycles. The molecule has 0 aliphatic rings.